The number of nitrogens with two attached hydrogens (primary N) is 1. The molecule has 2 N–H and O–H groups in total. The van der Waals surface area contributed by atoms with Crippen LogP contribution < -0.4 is 5.73 Å². The van der Waals surface area contributed by atoms with E-state index in [0.29, 0.717) is 6.04 Å². The molecule has 1 aromatic rings. The van der Waals surface area contributed by atoms with Gasteiger partial charge in [0.05, 0.1) is 11.7 Å². The molecule has 2 unspecified atom stereocenters. The first kappa shape index (κ1) is 11.0. The van der Waals surface area contributed by atoms with Gasteiger partial charge in [-0.3, -0.25) is 4.68 Å². The molecule has 1 saturated heterocycles. The van der Waals surface area contributed by atoms with E-state index in [0.717, 1.165) is 5.69 Å². The first-order chi connectivity index (χ1) is 7.11. The summed E-state index contributed by atoms with van der Waals surface area (Å²) in [5.74, 6) is 2.46. The minimum absolute atomic E-state index is 0.0906. The molecule has 0 spiro atoms. The van der Waals surface area contributed by atoms with Crippen LogP contribution in [-0.2, 0) is 0 Å². The SMILES string of the molecule is Cc1nn(C2CCSC2)c(C)c1C(C)N. The Bertz CT molecular complexity index is 351. The van der Waals surface area contributed by atoms with Crippen molar-refractivity contribution >= 4 is 11.8 Å². The van der Waals surface area contributed by atoms with Crippen molar-refractivity contribution in [3.63, 3.8) is 0 Å². The zero-order valence-corrected chi connectivity index (χ0v) is 10.5. The van der Waals surface area contributed by atoms with E-state index in [2.05, 4.69) is 23.6 Å². The average molecular weight is 225 g/mol. The first-order valence-electron chi connectivity index (χ1n) is 5.50. The number of hydrogen-bond donors (Lipinski definition) is 1. The fourth-order valence-electron chi connectivity index (χ4n) is 2.41. The third kappa shape index (κ3) is 1.93. The summed E-state index contributed by atoms with van der Waals surface area (Å²) in [5.41, 5.74) is 9.55. The second-order valence-corrected chi connectivity index (χ2v) is 5.48. The Morgan fingerprint density at radius 2 is 2.27 bits per heavy atom. The Morgan fingerprint density at radius 1 is 1.53 bits per heavy atom. The van der Waals surface area contributed by atoms with E-state index in [4.69, 9.17) is 5.73 Å². The molecule has 15 heavy (non-hydrogen) atoms. The number of aryl methyl sites for hydroxylation is 1. The standard InChI is InChI=1S/C11H19N3S/c1-7(12)11-8(2)13-14(9(11)3)10-4-5-15-6-10/h7,10H,4-6,12H2,1-3H3. The predicted molar refractivity (Wildman–Crippen MR) is 65.3 cm³/mol. The van der Waals surface area contributed by atoms with Gasteiger partial charge in [0.15, 0.2) is 0 Å². The van der Waals surface area contributed by atoms with E-state index in [1.807, 2.05) is 18.7 Å². The average Bonchev–Trinajstić information content (AvgIpc) is 2.72. The number of rotatable bonds is 2. The summed E-state index contributed by atoms with van der Waals surface area (Å²) in [4.78, 5) is 0. The Hall–Kier alpha value is -0.480. The second kappa shape index (κ2) is 4.18. The second-order valence-electron chi connectivity index (χ2n) is 4.34. The molecular formula is C11H19N3S. The fourth-order valence-corrected chi connectivity index (χ4v) is 3.59. The normalized spacial score (nSPS) is 23.3. The summed E-state index contributed by atoms with van der Waals surface area (Å²) in [6.45, 7) is 6.23. The van der Waals surface area contributed by atoms with Crippen LogP contribution in [-0.4, -0.2) is 21.3 Å². The molecule has 4 heteroatoms. The maximum absolute atomic E-state index is 5.97. The summed E-state index contributed by atoms with van der Waals surface area (Å²) in [6.07, 6.45) is 1.24. The zero-order chi connectivity index (χ0) is 11.0. The lowest BCUT2D eigenvalue weighted by molar-refractivity contribution is 0.487. The van der Waals surface area contributed by atoms with Crippen molar-refractivity contribution in [3.05, 3.63) is 17.0 Å². The quantitative estimate of drug-likeness (QED) is 0.839. The number of nitrogens with zero attached hydrogens (tertiary/aromatic N) is 2. The third-order valence-electron chi connectivity index (χ3n) is 3.09. The maximum atomic E-state index is 5.97. The van der Waals surface area contributed by atoms with Crippen molar-refractivity contribution in [1.82, 2.24) is 9.78 Å². The summed E-state index contributed by atoms with van der Waals surface area (Å²) >= 11 is 2.02. The molecule has 0 aromatic carbocycles. The van der Waals surface area contributed by atoms with Crippen molar-refractivity contribution in [2.45, 2.75) is 39.3 Å². The van der Waals surface area contributed by atoms with Crippen molar-refractivity contribution in [1.29, 1.82) is 0 Å². The summed E-state index contributed by atoms with van der Waals surface area (Å²) in [5, 5.41) is 4.64. The molecular weight excluding hydrogens is 206 g/mol. The van der Waals surface area contributed by atoms with Gasteiger partial charge in [-0.15, -0.1) is 0 Å². The predicted octanol–water partition coefficient (Wildman–Crippen LogP) is 2.20. The zero-order valence-electron chi connectivity index (χ0n) is 9.66. The van der Waals surface area contributed by atoms with Crippen molar-refractivity contribution in [3.8, 4) is 0 Å². The molecule has 1 aromatic heterocycles. The number of thioether (sulfide) groups is 1. The molecule has 1 aliphatic rings. The van der Waals surface area contributed by atoms with Gasteiger partial charge in [-0.05, 0) is 32.9 Å². The summed E-state index contributed by atoms with van der Waals surface area (Å²) < 4.78 is 2.19. The van der Waals surface area contributed by atoms with E-state index in [9.17, 15) is 0 Å². The van der Waals surface area contributed by atoms with Crippen LogP contribution >= 0.6 is 11.8 Å². The van der Waals surface area contributed by atoms with Crippen LogP contribution in [0.2, 0.25) is 0 Å². The van der Waals surface area contributed by atoms with Gasteiger partial charge in [0.1, 0.15) is 0 Å². The summed E-state index contributed by atoms with van der Waals surface area (Å²) in [7, 11) is 0. The smallest absolute Gasteiger partial charge is 0.0644 e. The van der Waals surface area contributed by atoms with E-state index in [1.165, 1.54) is 29.2 Å². The number of hydrogen-bond acceptors (Lipinski definition) is 3. The summed E-state index contributed by atoms with van der Waals surface area (Å²) in [6, 6.07) is 0.675. The van der Waals surface area contributed by atoms with Crippen LogP contribution in [0.15, 0.2) is 0 Å². The monoisotopic (exact) mass is 225 g/mol. The van der Waals surface area contributed by atoms with Gasteiger partial charge < -0.3 is 5.73 Å². The highest BCUT2D eigenvalue weighted by atomic mass is 32.2. The first-order valence-corrected chi connectivity index (χ1v) is 6.65. The van der Waals surface area contributed by atoms with Gasteiger partial charge in [-0.25, -0.2) is 0 Å². The molecule has 2 rings (SSSR count). The van der Waals surface area contributed by atoms with Crippen LogP contribution in [0.25, 0.3) is 0 Å². The lowest BCUT2D eigenvalue weighted by atomic mass is 10.1. The van der Waals surface area contributed by atoms with E-state index < -0.39 is 0 Å². The Morgan fingerprint density at radius 3 is 2.73 bits per heavy atom. The van der Waals surface area contributed by atoms with Crippen molar-refractivity contribution in [2.75, 3.05) is 11.5 Å². The van der Waals surface area contributed by atoms with Gasteiger partial charge >= 0.3 is 0 Å². The minimum atomic E-state index is 0.0906. The topological polar surface area (TPSA) is 43.8 Å². The van der Waals surface area contributed by atoms with Crippen LogP contribution in [0.3, 0.4) is 0 Å². The molecule has 0 amide bonds. The fraction of sp³-hybridized carbons (Fsp3) is 0.727. The van der Waals surface area contributed by atoms with Crippen molar-refractivity contribution < 1.29 is 0 Å². The van der Waals surface area contributed by atoms with Gasteiger partial charge in [-0.2, -0.15) is 16.9 Å². The molecule has 1 fully saturated rings. The Kier molecular flexibility index (Phi) is 3.07. The van der Waals surface area contributed by atoms with Gasteiger partial charge in [0, 0.05) is 23.1 Å². The molecule has 3 nitrogen and oxygen atoms in total. The van der Waals surface area contributed by atoms with Gasteiger partial charge in [-0.1, -0.05) is 0 Å². The lowest BCUT2D eigenvalue weighted by Gasteiger charge is -2.12. The van der Waals surface area contributed by atoms with Crippen LogP contribution in [0.5, 0.6) is 0 Å². The Balaban J connectivity index is 2.36. The number of aromatic nitrogens is 2. The Labute approximate surface area is 95.4 Å². The molecule has 0 saturated carbocycles. The minimum Gasteiger partial charge on any atom is -0.324 e. The molecule has 84 valence electrons. The van der Waals surface area contributed by atoms with Crippen LogP contribution in [0.1, 0.15) is 42.4 Å². The van der Waals surface area contributed by atoms with E-state index in [1.54, 1.807) is 0 Å². The van der Waals surface area contributed by atoms with E-state index >= 15 is 0 Å². The molecule has 0 radical (unpaired) electrons. The molecule has 2 heterocycles. The van der Waals surface area contributed by atoms with Gasteiger partial charge in [0.25, 0.3) is 0 Å². The highest BCUT2D eigenvalue weighted by molar-refractivity contribution is 7.99. The molecule has 1 aliphatic heterocycles. The highest BCUT2D eigenvalue weighted by Gasteiger charge is 2.23. The van der Waals surface area contributed by atoms with E-state index in [-0.39, 0.29) is 6.04 Å². The van der Waals surface area contributed by atoms with Crippen LogP contribution in [0.4, 0.5) is 0 Å². The van der Waals surface area contributed by atoms with Crippen LogP contribution in [0, 0.1) is 13.8 Å². The highest BCUT2D eigenvalue weighted by Crippen LogP contribution is 2.31. The maximum Gasteiger partial charge on any atom is 0.0644 e. The molecule has 0 bridgehead atoms. The lowest BCUT2D eigenvalue weighted by Crippen LogP contribution is -2.12. The van der Waals surface area contributed by atoms with Crippen molar-refractivity contribution in [2.24, 2.45) is 5.73 Å². The molecule has 0 aliphatic carbocycles. The largest absolute Gasteiger partial charge is 0.324 e. The third-order valence-corrected chi connectivity index (χ3v) is 4.23. The molecule has 2 atom stereocenters. The van der Waals surface area contributed by atoms with Gasteiger partial charge in [0.2, 0.25) is 0 Å².